The van der Waals surface area contributed by atoms with E-state index < -0.39 is 5.97 Å². The van der Waals surface area contributed by atoms with Crippen LogP contribution in [0.2, 0.25) is 0 Å². The molecule has 28 heavy (non-hydrogen) atoms. The van der Waals surface area contributed by atoms with Crippen LogP contribution >= 0.6 is 0 Å². The van der Waals surface area contributed by atoms with E-state index in [1.165, 1.54) is 6.07 Å². The van der Waals surface area contributed by atoms with E-state index in [-0.39, 0.29) is 22.8 Å². The standard InChI is InChI=1S/C23H24O5/c1-4-6-15-20(24)19-13(5-2)14(23(25)26)7-8-18(19)28-22(15)17-11-16(17)21-12(3)9-10-27-21/h7-10,16-17H,4-6,11H2,1-3H3,(H,25,26). The van der Waals surface area contributed by atoms with Crippen molar-refractivity contribution >= 4 is 16.9 Å². The lowest BCUT2D eigenvalue weighted by Gasteiger charge is -2.13. The van der Waals surface area contributed by atoms with Crippen molar-refractivity contribution < 1.29 is 18.7 Å². The Morgan fingerprint density at radius 3 is 2.50 bits per heavy atom. The third-order valence-electron chi connectivity index (χ3n) is 5.74. The zero-order chi connectivity index (χ0) is 20.0. The molecular weight excluding hydrogens is 356 g/mol. The van der Waals surface area contributed by atoms with E-state index in [4.69, 9.17) is 8.83 Å². The molecule has 5 nitrogen and oxygen atoms in total. The van der Waals surface area contributed by atoms with E-state index in [0.29, 0.717) is 34.9 Å². The SMILES string of the molecule is CCCc1c(C2CC2c2occc2C)oc2ccc(C(=O)O)c(CC)c2c1=O. The molecule has 5 heteroatoms. The van der Waals surface area contributed by atoms with Crippen molar-refractivity contribution in [3.8, 4) is 0 Å². The number of fused-ring (bicyclic) bond motifs is 1. The van der Waals surface area contributed by atoms with Crippen LogP contribution in [0.3, 0.4) is 0 Å². The number of hydrogen-bond donors (Lipinski definition) is 1. The van der Waals surface area contributed by atoms with Crippen LogP contribution in [0, 0.1) is 6.92 Å². The number of furan rings is 1. The van der Waals surface area contributed by atoms with Gasteiger partial charge in [-0.1, -0.05) is 20.3 Å². The van der Waals surface area contributed by atoms with Crippen molar-refractivity contribution in [3.63, 3.8) is 0 Å². The Labute approximate surface area is 163 Å². The van der Waals surface area contributed by atoms with Crippen LogP contribution in [0.25, 0.3) is 11.0 Å². The van der Waals surface area contributed by atoms with Crippen LogP contribution < -0.4 is 5.43 Å². The molecule has 0 spiro atoms. The normalized spacial score (nSPS) is 18.5. The summed E-state index contributed by atoms with van der Waals surface area (Å²) in [4.78, 5) is 25.0. The van der Waals surface area contributed by atoms with Gasteiger partial charge in [-0.2, -0.15) is 0 Å². The third kappa shape index (κ3) is 2.86. The highest BCUT2D eigenvalue weighted by molar-refractivity contribution is 5.96. The third-order valence-corrected chi connectivity index (χ3v) is 5.74. The zero-order valence-corrected chi connectivity index (χ0v) is 16.4. The fraction of sp³-hybridized carbons (Fsp3) is 0.391. The van der Waals surface area contributed by atoms with Gasteiger partial charge < -0.3 is 13.9 Å². The van der Waals surface area contributed by atoms with Gasteiger partial charge in [0.1, 0.15) is 17.1 Å². The average Bonchev–Trinajstić information content (AvgIpc) is 3.35. The van der Waals surface area contributed by atoms with Crippen LogP contribution in [0.5, 0.6) is 0 Å². The molecule has 1 aliphatic carbocycles. The van der Waals surface area contributed by atoms with E-state index in [0.717, 1.165) is 29.9 Å². The van der Waals surface area contributed by atoms with Crippen LogP contribution in [-0.2, 0) is 12.8 Å². The quantitative estimate of drug-likeness (QED) is 0.637. The van der Waals surface area contributed by atoms with E-state index in [9.17, 15) is 14.7 Å². The summed E-state index contributed by atoms with van der Waals surface area (Å²) in [7, 11) is 0. The van der Waals surface area contributed by atoms with Gasteiger partial charge in [-0.15, -0.1) is 0 Å². The molecule has 1 fully saturated rings. The zero-order valence-electron chi connectivity index (χ0n) is 16.4. The number of rotatable bonds is 6. The monoisotopic (exact) mass is 380 g/mol. The second kappa shape index (κ2) is 6.97. The van der Waals surface area contributed by atoms with Gasteiger partial charge in [0.05, 0.1) is 17.2 Å². The minimum atomic E-state index is -1.02. The fourth-order valence-corrected chi connectivity index (χ4v) is 4.30. The van der Waals surface area contributed by atoms with Crippen LogP contribution in [0.15, 0.2) is 38.1 Å². The summed E-state index contributed by atoms with van der Waals surface area (Å²) >= 11 is 0. The maximum atomic E-state index is 13.4. The number of carboxylic acids is 1. The van der Waals surface area contributed by atoms with Crippen LogP contribution in [-0.4, -0.2) is 11.1 Å². The molecule has 2 atom stereocenters. The minimum Gasteiger partial charge on any atom is -0.478 e. The smallest absolute Gasteiger partial charge is 0.335 e. The van der Waals surface area contributed by atoms with Crippen molar-refractivity contribution in [2.75, 3.05) is 0 Å². The molecule has 1 N–H and O–H groups in total. The topological polar surface area (TPSA) is 80.7 Å². The number of benzene rings is 1. The Kier molecular flexibility index (Phi) is 4.61. The molecule has 0 saturated heterocycles. The summed E-state index contributed by atoms with van der Waals surface area (Å²) in [5.74, 6) is 1.05. The molecule has 0 aliphatic heterocycles. The summed E-state index contributed by atoms with van der Waals surface area (Å²) in [6.07, 6.45) is 4.50. The van der Waals surface area contributed by atoms with Gasteiger partial charge in [-0.3, -0.25) is 4.79 Å². The molecule has 146 valence electrons. The molecule has 0 radical (unpaired) electrons. The Hall–Kier alpha value is -2.82. The van der Waals surface area contributed by atoms with Crippen LogP contribution in [0.1, 0.15) is 77.1 Å². The summed E-state index contributed by atoms with van der Waals surface area (Å²) in [6, 6.07) is 5.11. The second-order valence-electron chi connectivity index (χ2n) is 7.56. The average molecular weight is 380 g/mol. The molecule has 2 heterocycles. The maximum absolute atomic E-state index is 13.4. The molecule has 1 aromatic carbocycles. The second-order valence-corrected chi connectivity index (χ2v) is 7.56. The van der Waals surface area contributed by atoms with Gasteiger partial charge in [0.15, 0.2) is 5.43 Å². The van der Waals surface area contributed by atoms with Crippen molar-refractivity contribution in [2.24, 2.45) is 0 Å². The van der Waals surface area contributed by atoms with Gasteiger partial charge in [-0.25, -0.2) is 4.79 Å². The first-order valence-corrected chi connectivity index (χ1v) is 9.86. The van der Waals surface area contributed by atoms with Gasteiger partial charge in [0.25, 0.3) is 0 Å². The molecule has 0 bridgehead atoms. The predicted octanol–water partition coefficient (Wildman–Crippen LogP) is 5.18. The number of aryl methyl sites for hydroxylation is 2. The summed E-state index contributed by atoms with van der Waals surface area (Å²) < 4.78 is 11.9. The molecular formula is C23H24O5. The molecule has 4 rings (SSSR count). The van der Waals surface area contributed by atoms with Crippen molar-refractivity contribution in [3.05, 3.63) is 68.5 Å². The first kappa shape index (κ1) is 18.5. The number of carbonyl (C=O) groups is 1. The number of carboxylic acid groups (broad SMARTS) is 1. The van der Waals surface area contributed by atoms with Crippen molar-refractivity contribution in [2.45, 2.75) is 58.3 Å². The molecule has 2 unspecified atom stereocenters. The maximum Gasteiger partial charge on any atom is 0.335 e. The highest BCUT2D eigenvalue weighted by atomic mass is 16.4. The summed E-state index contributed by atoms with van der Waals surface area (Å²) in [6.45, 7) is 5.92. The first-order chi connectivity index (χ1) is 13.5. The minimum absolute atomic E-state index is 0.0835. The fourth-order valence-electron chi connectivity index (χ4n) is 4.30. The van der Waals surface area contributed by atoms with Crippen molar-refractivity contribution in [1.29, 1.82) is 0 Å². The van der Waals surface area contributed by atoms with Gasteiger partial charge in [-0.05, 0) is 55.5 Å². The lowest BCUT2D eigenvalue weighted by molar-refractivity contribution is 0.0696. The summed E-state index contributed by atoms with van der Waals surface area (Å²) in [5, 5.41) is 9.91. The van der Waals surface area contributed by atoms with Crippen molar-refractivity contribution in [1.82, 2.24) is 0 Å². The number of aromatic carboxylic acids is 1. The molecule has 2 aromatic heterocycles. The van der Waals surface area contributed by atoms with E-state index in [1.54, 1.807) is 12.3 Å². The molecule has 1 saturated carbocycles. The van der Waals surface area contributed by atoms with Gasteiger partial charge in [0.2, 0.25) is 0 Å². The Morgan fingerprint density at radius 2 is 1.89 bits per heavy atom. The first-order valence-electron chi connectivity index (χ1n) is 9.86. The van der Waals surface area contributed by atoms with Gasteiger partial charge >= 0.3 is 5.97 Å². The lowest BCUT2D eigenvalue weighted by Crippen LogP contribution is -2.16. The predicted molar refractivity (Wildman–Crippen MR) is 106 cm³/mol. The van der Waals surface area contributed by atoms with E-state index in [1.807, 2.05) is 26.8 Å². The summed E-state index contributed by atoms with van der Waals surface area (Å²) in [5.41, 5.74) is 2.92. The Morgan fingerprint density at radius 1 is 1.14 bits per heavy atom. The van der Waals surface area contributed by atoms with Crippen LogP contribution in [0.4, 0.5) is 0 Å². The van der Waals surface area contributed by atoms with E-state index >= 15 is 0 Å². The highest BCUT2D eigenvalue weighted by Gasteiger charge is 2.46. The highest BCUT2D eigenvalue weighted by Crippen LogP contribution is 2.56. The molecule has 1 aliphatic rings. The molecule has 0 amide bonds. The largest absolute Gasteiger partial charge is 0.478 e. The molecule has 3 aromatic rings. The Balaban J connectivity index is 1.90. The van der Waals surface area contributed by atoms with E-state index in [2.05, 4.69) is 0 Å². The Bertz CT molecular complexity index is 1120. The lowest BCUT2D eigenvalue weighted by atomic mass is 9.96. The van der Waals surface area contributed by atoms with Gasteiger partial charge in [0, 0.05) is 17.4 Å². The number of hydrogen-bond acceptors (Lipinski definition) is 4.